The van der Waals surface area contributed by atoms with Crippen molar-refractivity contribution in [3.63, 3.8) is 0 Å². The van der Waals surface area contributed by atoms with E-state index in [0.717, 1.165) is 0 Å². The van der Waals surface area contributed by atoms with E-state index >= 15 is 0 Å². The van der Waals surface area contributed by atoms with Crippen molar-refractivity contribution in [2.24, 2.45) is 0 Å². The van der Waals surface area contributed by atoms with Gasteiger partial charge in [-0.25, -0.2) is 0 Å². The van der Waals surface area contributed by atoms with Crippen LogP contribution in [0.3, 0.4) is 0 Å². The Bertz CT molecular complexity index is 771. The number of halogens is 1. The molecule has 1 heterocycles. The molecule has 0 spiro atoms. The number of Topliss-reactive ketones (excluding diaryl/α,β-unsaturated/α-hetero) is 1. The van der Waals surface area contributed by atoms with E-state index < -0.39 is 23.5 Å². The third kappa shape index (κ3) is 2.58. The first-order chi connectivity index (χ1) is 10.6. The first kappa shape index (κ1) is 14.3. The fraction of sp³-hybridized carbons (Fsp3) is 0.0625. The molecule has 0 fully saturated rings. The van der Waals surface area contributed by atoms with Crippen LogP contribution in [0.4, 0.5) is 11.4 Å². The molecule has 5 nitrogen and oxygen atoms in total. The molecule has 0 saturated carbocycles. The molecule has 3 rings (SSSR count). The van der Waals surface area contributed by atoms with Gasteiger partial charge in [0.15, 0.2) is 0 Å². The van der Waals surface area contributed by atoms with Crippen molar-refractivity contribution in [2.45, 2.75) is 5.92 Å². The molecule has 1 unspecified atom stereocenters. The van der Waals surface area contributed by atoms with Crippen LogP contribution in [-0.2, 0) is 14.4 Å². The van der Waals surface area contributed by atoms with Crippen LogP contribution < -0.4 is 10.6 Å². The van der Waals surface area contributed by atoms with E-state index in [0.29, 0.717) is 22.0 Å². The van der Waals surface area contributed by atoms with Gasteiger partial charge in [0.05, 0.1) is 0 Å². The van der Waals surface area contributed by atoms with E-state index in [2.05, 4.69) is 10.6 Å². The number of carbonyl (C=O) groups excluding carboxylic acids is 3. The van der Waals surface area contributed by atoms with E-state index in [1.54, 1.807) is 48.5 Å². The van der Waals surface area contributed by atoms with Gasteiger partial charge in [-0.2, -0.15) is 0 Å². The smallest absolute Gasteiger partial charge is 0.292 e. The molecule has 2 N–H and O–H groups in total. The molecule has 0 aliphatic carbocycles. The van der Waals surface area contributed by atoms with Crippen LogP contribution in [0.5, 0.6) is 0 Å². The number of rotatable bonds is 3. The summed E-state index contributed by atoms with van der Waals surface area (Å²) < 4.78 is 0. The lowest BCUT2D eigenvalue weighted by atomic mass is 9.95. The summed E-state index contributed by atoms with van der Waals surface area (Å²) in [6.07, 6.45) is 0. The van der Waals surface area contributed by atoms with E-state index in [4.69, 9.17) is 11.6 Å². The molecule has 0 bridgehead atoms. The number of hydrogen-bond donors (Lipinski definition) is 2. The molecule has 1 aliphatic heterocycles. The predicted molar refractivity (Wildman–Crippen MR) is 82.9 cm³/mol. The summed E-state index contributed by atoms with van der Waals surface area (Å²) in [6.45, 7) is 0. The van der Waals surface area contributed by atoms with E-state index in [-0.39, 0.29) is 0 Å². The number of hydrogen-bond acceptors (Lipinski definition) is 3. The van der Waals surface area contributed by atoms with Crippen molar-refractivity contribution in [3.8, 4) is 0 Å². The van der Waals surface area contributed by atoms with Crippen molar-refractivity contribution in [1.82, 2.24) is 0 Å². The second-order valence-corrected chi connectivity index (χ2v) is 5.27. The fourth-order valence-electron chi connectivity index (χ4n) is 2.33. The highest BCUT2D eigenvalue weighted by molar-refractivity contribution is 6.47. The Kier molecular flexibility index (Phi) is 3.65. The van der Waals surface area contributed by atoms with Gasteiger partial charge in [0.1, 0.15) is 5.92 Å². The maximum absolute atomic E-state index is 12.3. The number of para-hydroxylation sites is 1. The molecule has 2 amide bonds. The topological polar surface area (TPSA) is 75.3 Å². The minimum Gasteiger partial charge on any atom is -0.325 e. The van der Waals surface area contributed by atoms with Crippen LogP contribution in [0, 0.1) is 0 Å². The Morgan fingerprint density at radius 3 is 2.45 bits per heavy atom. The molecule has 110 valence electrons. The number of fused-ring (bicyclic) bond motifs is 1. The van der Waals surface area contributed by atoms with Crippen LogP contribution in [-0.4, -0.2) is 17.6 Å². The van der Waals surface area contributed by atoms with Gasteiger partial charge in [-0.15, -0.1) is 0 Å². The summed E-state index contributed by atoms with van der Waals surface area (Å²) in [6, 6.07) is 13.2. The molecule has 1 atom stereocenters. The zero-order valence-corrected chi connectivity index (χ0v) is 12.1. The SMILES string of the molecule is O=C(Nc1ccc(Cl)cc1)C(=O)C1C(=O)Nc2ccccc21. The summed E-state index contributed by atoms with van der Waals surface area (Å²) >= 11 is 5.76. The minimum absolute atomic E-state index is 0.439. The highest BCUT2D eigenvalue weighted by Crippen LogP contribution is 2.32. The summed E-state index contributed by atoms with van der Waals surface area (Å²) in [7, 11) is 0. The maximum Gasteiger partial charge on any atom is 0.292 e. The molecular weight excluding hydrogens is 304 g/mol. The average Bonchev–Trinajstić information content (AvgIpc) is 2.84. The van der Waals surface area contributed by atoms with Gasteiger partial charge in [0.2, 0.25) is 11.7 Å². The average molecular weight is 315 g/mol. The number of amides is 2. The molecule has 22 heavy (non-hydrogen) atoms. The largest absolute Gasteiger partial charge is 0.325 e. The van der Waals surface area contributed by atoms with Crippen molar-refractivity contribution in [3.05, 3.63) is 59.1 Å². The molecule has 0 radical (unpaired) electrons. The first-order valence-corrected chi connectivity index (χ1v) is 6.94. The molecule has 1 aliphatic rings. The second kappa shape index (κ2) is 5.61. The highest BCUT2D eigenvalue weighted by atomic mass is 35.5. The Balaban J connectivity index is 1.80. The molecule has 2 aromatic rings. The van der Waals surface area contributed by atoms with Crippen LogP contribution in [0.25, 0.3) is 0 Å². The monoisotopic (exact) mass is 314 g/mol. The Labute approximate surface area is 131 Å². The highest BCUT2D eigenvalue weighted by Gasteiger charge is 2.39. The third-order valence-electron chi connectivity index (χ3n) is 3.38. The standard InChI is InChI=1S/C16H11ClN2O3/c17-9-5-7-10(8-6-9)18-16(22)14(20)13-11-3-1-2-4-12(11)19-15(13)21/h1-8,13H,(H,18,22)(H,19,21). The Morgan fingerprint density at radius 2 is 1.73 bits per heavy atom. The van der Waals surface area contributed by atoms with Gasteiger partial charge in [-0.05, 0) is 35.9 Å². The van der Waals surface area contributed by atoms with Crippen molar-refractivity contribution in [1.29, 1.82) is 0 Å². The lowest BCUT2D eigenvalue weighted by Gasteiger charge is -2.08. The molecule has 0 saturated heterocycles. The summed E-state index contributed by atoms with van der Waals surface area (Å²) in [4.78, 5) is 36.3. The summed E-state index contributed by atoms with van der Waals surface area (Å²) in [5.74, 6) is -3.22. The zero-order chi connectivity index (χ0) is 15.7. The van der Waals surface area contributed by atoms with Crippen molar-refractivity contribution < 1.29 is 14.4 Å². The normalized spacial score (nSPS) is 15.9. The van der Waals surface area contributed by atoms with Crippen molar-refractivity contribution in [2.75, 3.05) is 10.6 Å². The van der Waals surface area contributed by atoms with Crippen molar-refractivity contribution >= 4 is 40.6 Å². The van der Waals surface area contributed by atoms with Gasteiger partial charge >= 0.3 is 0 Å². The molecule has 0 aromatic heterocycles. The Hall–Kier alpha value is -2.66. The molecular formula is C16H11ClN2O3. The van der Waals surface area contributed by atoms with Gasteiger partial charge in [0, 0.05) is 16.4 Å². The van der Waals surface area contributed by atoms with Crippen LogP contribution in [0.15, 0.2) is 48.5 Å². The zero-order valence-electron chi connectivity index (χ0n) is 11.3. The van der Waals surface area contributed by atoms with E-state index in [1.807, 2.05) is 0 Å². The number of ketones is 1. The number of benzene rings is 2. The lowest BCUT2D eigenvalue weighted by molar-refractivity contribution is -0.138. The summed E-state index contributed by atoms with van der Waals surface area (Å²) in [5.41, 5.74) is 1.52. The van der Waals surface area contributed by atoms with Gasteiger partial charge in [-0.3, -0.25) is 14.4 Å². The van der Waals surface area contributed by atoms with Gasteiger partial charge in [0.25, 0.3) is 5.91 Å². The predicted octanol–water partition coefficient (Wildman–Crippen LogP) is 2.58. The van der Waals surface area contributed by atoms with Gasteiger partial charge in [-0.1, -0.05) is 29.8 Å². The van der Waals surface area contributed by atoms with E-state index in [9.17, 15) is 14.4 Å². The second-order valence-electron chi connectivity index (χ2n) is 4.83. The summed E-state index contributed by atoms with van der Waals surface area (Å²) in [5, 5.41) is 5.59. The quantitative estimate of drug-likeness (QED) is 0.675. The van der Waals surface area contributed by atoms with Crippen LogP contribution in [0.1, 0.15) is 11.5 Å². The lowest BCUT2D eigenvalue weighted by Crippen LogP contribution is -2.31. The Morgan fingerprint density at radius 1 is 1.05 bits per heavy atom. The van der Waals surface area contributed by atoms with E-state index in [1.165, 1.54) is 0 Å². The number of anilines is 2. The van der Waals surface area contributed by atoms with Crippen LogP contribution >= 0.6 is 11.6 Å². The molecule has 2 aromatic carbocycles. The first-order valence-electron chi connectivity index (χ1n) is 6.57. The third-order valence-corrected chi connectivity index (χ3v) is 3.63. The minimum atomic E-state index is -1.11. The van der Waals surface area contributed by atoms with Gasteiger partial charge < -0.3 is 10.6 Å². The maximum atomic E-state index is 12.3. The number of nitrogens with one attached hydrogen (secondary N) is 2. The van der Waals surface area contributed by atoms with Crippen LogP contribution in [0.2, 0.25) is 5.02 Å². The fourth-order valence-corrected chi connectivity index (χ4v) is 2.45. The number of carbonyl (C=O) groups is 3. The molecule has 6 heteroatoms.